The average Bonchev–Trinajstić information content (AvgIpc) is 2.98. The Bertz CT molecular complexity index is 901. The smallest absolute Gasteiger partial charge is 0.223 e. The van der Waals surface area contributed by atoms with Gasteiger partial charge in [-0.15, -0.1) is 0 Å². The van der Waals surface area contributed by atoms with Gasteiger partial charge in [0.15, 0.2) is 0 Å². The maximum atomic E-state index is 12.5. The topological polar surface area (TPSA) is 36.1 Å². The Morgan fingerprint density at radius 1 is 1.25 bits per heavy atom. The molecule has 4 rings (SSSR count). The van der Waals surface area contributed by atoms with Crippen LogP contribution in [0.4, 0.5) is 0 Å². The van der Waals surface area contributed by atoms with Gasteiger partial charge in [0.05, 0.1) is 6.04 Å². The van der Waals surface area contributed by atoms with Gasteiger partial charge in [0.1, 0.15) is 0 Å². The van der Waals surface area contributed by atoms with E-state index >= 15 is 0 Å². The van der Waals surface area contributed by atoms with Gasteiger partial charge < -0.3 is 9.88 Å². The lowest BCUT2D eigenvalue weighted by molar-refractivity contribution is -0.133. The number of hydrogen-bond donors (Lipinski definition) is 1. The van der Waals surface area contributed by atoms with Gasteiger partial charge in [0, 0.05) is 34.0 Å². The average molecular weight is 383 g/mol. The highest BCUT2D eigenvalue weighted by Gasteiger charge is 2.33. The SMILES string of the molecule is CCC(=O)N1CCc2c([nH]c3ccc(Br)cc23)C1c1ccccc1. The molecular weight excluding hydrogens is 364 g/mol. The summed E-state index contributed by atoms with van der Waals surface area (Å²) in [5.41, 5.74) is 4.78. The third-order valence-corrected chi connectivity index (χ3v) is 5.32. The summed E-state index contributed by atoms with van der Waals surface area (Å²) >= 11 is 3.57. The van der Waals surface area contributed by atoms with E-state index in [2.05, 4.69) is 51.2 Å². The van der Waals surface area contributed by atoms with Gasteiger partial charge in [-0.3, -0.25) is 4.79 Å². The van der Waals surface area contributed by atoms with Crippen molar-refractivity contribution in [2.75, 3.05) is 6.54 Å². The molecular formula is C20H19BrN2O. The van der Waals surface area contributed by atoms with E-state index in [9.17, 15) is 4.79 Å². The van der Waals surface area contributed by atoms with Crippen molar-refractivity contribution >= 4 is 32.7 Å². The molecule has 1 unspecified atom stereocenters. The van der Waals surface area contributed by atoms with E-state index in [0.29, 0.717) is 6.42 Å². The van der Waals surface area contributed by atoms with Crippen LogP contribution in [-0.2, 0) is 11.2 Å². The third kappa shape index (κ3) is 2.46. The first-order valence-corrected chi connectivity index (χ1v) is 9.12. The van der Waals surface area contributed by atoms with Crippen LogP contribution in [0.3, 0.4) is 0 Å². The van der Waals surface area contributed by atoms with Crippen LogP contribution in [0.25, 0.3) is 10.9 Å². The van der Waals surface area contributed by atoms with Crippen LogP contribution in [-0.4, -0.2) is 22.3 Å². The number of rotatable bonds is 2. The summed E-state index contributed by atoms with van der Waals surface area (Å²) in [6, 6.07) is 16.6. The standard InChI is InChI=1S/C20H19BrN2O/c1-2-18(24)23-11-10-15-16-12-14(21)8-9-17(16)22-19(15)20(23)13-6-4-3-5-7-13/h3-9,12,20,22H,2,10-11H2,1H3. The van der Waals surface area contributed by atoms with E-state index in [-0.39, 0.29) is 11.9 Å². The number of amides is 1. The van der Waals surface area contributed by atoms with Gasteiger partial charge in [-0.25, -0.2) is 0 Å². The Morgan fingerprint density at radius 3 is 2.79 bits per heavy atom. The Hall–Kier alpha value is -2.07. The highest BCUT2D eigenvalue weighted by Crippen LogP contribution is 2.39. The molecule has 3 aromatic rings. The molecule has 0 aliphatic carbocycles. The molecule has 0 radical (unpaired) electrons. The number of nitrogens with one attached hydrogen (secondary N) is 1. The molecule has 0 bridgehead atoms. The normalized spacial score (nSPS) is 17.1. The lowest BCUT2D eigenvalue weighted by Crippen LogP contribution is -2.40. The third-order valence-electron chi connectivity index (χ3n) is 4.83. The molecule has 1 aliphatic heterocycles. The molecule has 122 valence electrons. The number of carbonyl (C=O) groups excluding carboxylic acids is 1. The summed E-state index contributed by atoms with van der Waals surface area (Å²) in [4.78, 5) is 18.1. The molecule has 0 saturated carbocycles. The fourth-order valence-electron chi connectivity index (χ4n) is 3.71. The van der Waals surface area contributed by atoms with Gasteiger partial charge in [-0.1, -0.05) is 53.2 Å². The quantitative estimate of drug-likeness (QED) is 0.677. The minimum atomic E-state index is -0.0337. The van der Waals surface area contributed by atoms with Crippen molar-refractivity contribution in [1.82, 2.24) is 9.88 Å². The second-order valence-corrected chi connectivity index (χ2v) is 7.13. The largest absolute Gasteiger partial charge is 0.356 e. The summed E-state index contributed by atoms with van der Waals surface area (Å²) in [5.74, 6) is 0.203. The molecule has 1 atom stereocenters. The summed E-state index contributed by atoms with van der Waals surface area (Å²) in [6.45, 7) is 2.70. The van der Waals surface area contributed by atoms with Gasteiger partial charge >= 0.3 is 0 Å². The lowest BCUT2D eigenvalue weighted by atomic mass is 9.92. The number of halogens is 1. The van der Waals surface area contributed by atoms with E-state index in [0.717, 1.165) is 34.2 Å². The summed E-state index contributed by atoms with van der Waals surface area (Å²) in [7, 11) is 0. The zero-order valence-corrected chi connectivity index (χ0v) is 15.1. The monoisotopic (exact) mass is 382 g/mol. The molecule has 3 nitrogen and oxygen atoms in total. The Labute approximate surface area is 149 Å². The Morgan fingerprint density at radius 2 is 2.04 bits per heavy atom. The molecule has 24 heavy (non-hydrogen) atoms. The predicted octanol–water partition coefficient (Wildman–Crippen LogP) is 4.81. The molecule has 4 heteroatoms. The number of aromatic nitrogens is 1. The number of hydrogen-bond acceptors (Lipinski definition) is 1. The number of fused-ring (bicyclic) bond motifs is 3. The number of nitrogens with zero attached hydrogens (tertiary/aromatic N) is 1. The van der Waals surface area contributed by atoms with Crippen molar-refractivity contribution in [3.63, 3.8) is 0 Å². The van der Waals surface area contributed by atoms with E-state index in [1.165, 1.54) is 10.9 Å². The molecule has 0 fully saturated rings. The lowest BCUT2D eigenvalue weighted by Gasteiger charge is -2.36. The minimum absolute atomic E-state index is 0.0337. The molecule has 0 saturated heterocycles. The molecule has 1 aliphatic rings. The summed E-state index contributed by atoms with van der Waals surface area (Å²) in [5, 5.41) is 1.25. The van der Waals surface area contributed by atoms with Crippen LogP contribution in [0.15, 0.2) is 53.0 Å². The minimum Gasteiger partial charge on any atom is -0.356 e. The molecule has 1 N–H and O–H groups in total. The zero-order valence-electron chi connectivity index (χ0n) is 13.6. The van der Waals surface area contributed by atoms with Crippen molar-refractivity contribution in [3.8, 4) is 0 Å². The number of carbonyl (C=O) groups is 1. The first kappa shape index (κ1) is 15.5. The highest BCUT2D eigenvalue weighted by atomic mass is 79.9. The van der Waals surface area contributed by atoms with Crippen molar-refractivity contribution in [3.05, 3.63) is 69.8 Å². The number of H-pyrrole nitrogens is 1. The predicted molar refractivity (Wildman–Crippen MR) is 100.0 cm³/mol. The van der Waals surface area contributed by atoms with Crippen LogP contribution < -0.4 is 0 Å². The van der Waals surface area contributed by atoms with Crippen LogP contribution >= 0.6 is 15.9 Å². The fraction of sp³-hybridized carbons (Fsp3) is 0.250. The van der Waals surface area contributed by atoms with E-state index < -0.39 is 0 Å². The zero-order chi connectivity index (χ0) is 16.7. The van der Waals surface area contributed by atoms with Gasteiger partial charge in [0.2, 0.25) is 5.91 Å². The Balaban J connectivity index is 1.92. The second kappa shape index (κ2) is 6.10. The van der Waals surface area contributed by atoms with Crippen molar-refractivity contribution in [2.24, 2.45) is 0 Å². The molecule has 2 aromatic carbocycles. The van der Waals surface area contributed by atoms with Gasteiger partial charge in [0.25, 0.3) is 0 Å². The first-order valence-electron chi connectivity index (χ1n) is 8.33. The second-order valence-electron chi connectivity index (χ2n) is 6.21. The number of aromatic amines is 1. The summed E-state index contributed by atoms with van der Waals surface area (Å²) < 4.78 is 1.08. The highest BCUT2D eigenvalue weighted by molar-refractivity contribution is 9.10. The molecule has 0 spiro atoms. The number of benzene rings is 2. The first-order chi connectivity index (χ1) is 11.7. The Kier molecular flexibility index (Phi) is 3.93. The fourth-order valence-corrected chi connectivity index (χ4v) is 4.08. The van der Waals surface area contributed by atoms with Crippen molar-refractivity contribution in [2.45, 2.75) is 25.8 Å². The summed E-state index contributed by atoms with van der Waals surface area (Å²) in [6.07, 6.45) is 1.42. The van der Waals surface area contributed by atoms with E-state index in [1.807, 2.05) is 30.0 Å². The van der Waals surface area contributed by atoms with Gasteiger partial charge in [-0.05, 0) is 35.7 Å². The van der Waals surface area contributed by atoms with Crippen LogP contribution in [0.1, 0.15) is 36.2 Å². The van der Waals surface area contributed by atoms with Crippen molar-refractivity contribution in [1.29, 1.82) is 0 Å². The van der Waals surface area contributed by atoms with Gasteiger partial charge in [-0.2, -0.15) is 0 Å². The van der Waals surface area contributed by atoms with E-state index in [4.69, 9.17) is 0 Å². The maximum absolute atomic E-state index is 12.5. The van der Waals surface area contributed by atoms with Crippen LogP contribution in [0.2, 0.25) is 0 Å². The maximum Gasteiger partial charge on any atom is 0.223 e. The van der Waals surface area contributed by atoms with Crippen LogP contribution in [0, 0.1) is 0 Å². The molecule has 2 heterocycles. The molecule has 1 amide bonds. The van der Waals surface area contributed by atoms with Crippen LogP contribution in [0.5, 0.6) is 0 Å². The van der Waals surface area contributed by atoms with E-state index in [1.54, 1.807) is 0 Å². The molecule has 1 aromatic heterocycles. The van der Waals surface area contributed by atoms with Crippen molar-refractivity contribution < 1.29 is 4.79 Å².